The molecule has 0 saturated heterocycles. The van der Waals surface area contributed by atoms with Crippen LogP contribution in [0.2, 0.25) is 0 Å². The van der Waals surface area contributed by atoms with Gasteiger partial charge in [0, 0.05) is 19.2 Å². The summed E-state index contributed by atoms with van der Waals surface area (Å²) in [6.45, 7) is 1.17. The molecule has 0 bridgehead atoms. The maximum Gasteiger partial charge on any atom is 0.262 e. The predicted octanol–water partition coefficient (Wildman–Crippen LogP) is 2.42. The molecule has 0 aliphatic heterocycles. The van der Waals surface area contributed by atoms with Crippen LogP contribution in [0.4, 0.5) is 0 Å². The first-order valence-corrected chi connectivity index (χ1v) is 11.8. The highest BCUT2D eigenvalue weighted by Crippen LogP contribution is 2.20. The van der Waals surface area contributed by atoms with E-state index in [0.717, 1.165) is 11.8 Å². The summed E-state index contributed by atoms with van der Waals surface area (Å²) in [4.78, 5) is 42.8. The van der Waals surface area contributed by atoms with Crippen LogP contribution in [0.5, 0.6) is 0 Å². The van der Waals surface area contributed by atoms with E-state index >= 15 is 0 Å². The first-order chi connectivity index (χ1) is 17.0. The monoisotopic (exact) mass is 496 g/mol. The number of nitrogens with zero attached hydrogens (tertiary/aromatic N) is 2. The van der Waals surface area contributed by atoms with Gasteiger partial charge in [-0.15, -0.1) is 0 Å². The van der Waals surface area contributed by atoms with Crippen molar-refractivity contribution in [1.82, 2.24) is 20.2 Å². The minimum absolute atomic E-state index is 0.0357. The summed E-state index contributed by atoms with van der Waals surface area (Å²) in [5.41, 5.74) is 0.441. The van der Waals surface area contributed by atoms with E-state index in [1.165, 1.54) is 17.1 Å². The number of aromatic nitrogens is 2. The summed E-state index contributed by atoms with van der Waals surface area (Å²) in [5.74, 6) is 0.715. The highest BCUT2D eigenvalue weighted by atomic mass is 32.2. The third-order valence-corrected chi connectivity index (χ3v) is 6.02. The molecule has 11 heteroatoms. The minimum atomic E-state index is -0.295. The van der Waals surface area contributed by atoms with Gasteiger partial charge in [0.1, 0.15) is 11.5 Å². The van der Waals surface area contributed by atoms with Crippen LogP contribution in [0.25, 0.3) is 10.9 Å². The van der Waals surface area contributed by atoms with Crippen molar-refractivity contribution in [3.05, 3.63) is 82.4 Å². The van der Waals surface area contributed by atoms with E-state index in [1.54, 1.807) is 49.6 Å². The molecule has 35 heavy (non-hydrogen) atoms. The van der Waals surface area contributed by atoms with E-state index < -0.39 is 0 Å². The molecule has 0 aliphatic rings. The summed E-state index contributed by atoms with van der Waals surface area (Å²) < 4.78 is 17.0. The number of furan rings is 2. The summed E-state index contributed by atoms with van der Waals surface area (Å²) >= 11 is 1.12. The molecule has 4 aromatic rings. The fourth-order valence-corrected chi connectivity index (χ4v) is 4.13. The molecule has 0 unspecified atom stereocenters. The Morgan fingerprint density at radius 1 is 1.09 bits per heavy atom. The Balaban J connectivity index is 1.59. The second-order valence-electron chi connectivity index (χ2n) is 7.49. The quantitative estimate of drug-likeness (QED) is 0.184. The van der Waals surface area contributed by atoms with Gasteiger partial charge in [-0.3, -0.25) is 19.0 Å². The lowest BCUT2D eigenvalue weighted by Gasteiger charge is -2.13. The third kappa shape index (κ3) is 6.19. The second-order valence-corrected chi connectivity index (χ2v) is 8.43. The first-order valence-electron chi connectivity index (χ1n) is 10.8. The fourth-order valence-electron chi connectivity index (χ4n) is 3.30. The maximum absolute atomic E-state index is 13.3. The summed E-state index contributed by atoms with van der Waals surface area (Å²) in [7, 11) is 1.55. The number of rotatable bonds is 11. The van der Waals surface area contributed by atoms with E-state index in [1.807, 2.05) is 0 Å². The Morgan fingerprint density at radius 3 is 2.57 bits per heavy atom. The smallest absolute Gasteiger partial charge is 0.262 e. The van der Waals surface area contributed by atoms with Crippen LogP contribution in [-0.2, 0) is 22.6 Å². The number of hydrogen-bond acceptors (Lipinski definition) is 8. The number of nitrogens with one attached hydrogen (secondary N) is 2. The zero-order valence-electron chi connectivity index (χ0n) is 19.0. The molecule has 10 nitrogen and oxygen atoms in total. The van der Waals surface area contributed by atoms with Crippen LogP contribution in [-0.4, -0.2) is 47.4 Å². The SMILES string of the molecule is COCCNC(=O)c1ccc2c(=O)n(Cc3ccco3)c(SCC(=O)NCc3ccco3)nc2c1. The molecule has 0 radical (unpaired) electrons. The highest BCUT2D eigenvalue weighted by Gasteiger charge is 2.16. The molecule has 0 saturated carbocycles. The number of benzene rings is 1. The van der Waals surface area contributed by atoms with Gasteiger partial charge in [0.25, 0.3) is 11.5 Å². The van der Waals surface area contributed by atoms with Crippen LogP contribution in [0.1, 0.15) is 21.9 Å². The van der Waals surface area contributed by atoms with E-state index in [4.69, 9.17) is 13.6 Å². The predicted molar refractivity (Wildman–Crippen MR) is 129 cm³/mol. The van der Waals surface area contributed by atoms with Gasteiger partial charge in [0.15, 0.2) is 5.16 Å². The Labute approximate surface area is 204 Å². The number of thioether (sulfide) groups is 1. The van der Waals surface area contributed by atoms with Crippen molar-refractivity contribution in [3.8, 4) is 0 Å². The van der Waals surface area contributed by atoms with Crippen molar-refractivity contribution in [2.45, 2.75) is 18.2 Å². The molecular weight excluding hydrogens is 472 g/mol. The van der Waals surface area contributed by atoms with Gasteiger partial charge >= 0.3 is 0 Å². The fraction of sp³-hybridized carbons (Fsp3) is 0.250. The van der Waals surface area contributed by atoms with Crippen LogP contribution in [0.15, 0.2) is 73.8 Å². The van der Waals surface area contributed by atoms with E-state index in [9.17, 15) is 14.4 Å². The van der Waals surface area contributed by atoms with E-state index in [0.29, 0.717) is 46.3 Å². The number of amides is 2. The number of carbonyl (C=O) groups is 2. The number of hydrogen-bond donors (Lipinski definition) is 2. The number of fused-ring (bicyclic) bond motifs is 1. The highest BCUT2D eigenvalue weighted by molar-refractivity contribution is 7.99. The van der Waals surface area contributed by atoms with Crippen LogP contribution in [0, 0.1) is 0 Å². The van der Waals surface area contributed by atoms with Crippen molar-refractivity contribution in [2.24, 2.45) is 0 Å². The van der Waals surface area contributed by atoms with Gasteiger partial charge in [-0.1, -0.05) is 11.8 Å². The second kappa shape index (κ2) is 11.5. The molecule has 3 heterocycles. The molecule has 4 rings (SSSR count). The van der Waals surface area contributed by atoms with Gasteiger partial charge in [-0.2, -0.15) is 0 Å². The largest absolute Gasteiger partial charge is 0.467 e. The zero-order chi connectivity index (χ0) is 24.6. The van der Waals surface area contributed by atoms with Crippen molar-refractivity contribution < 1.29 is 23.2 Å². The summed E-state index contributed by atoms with van der Waals surface area (Å²) in [6.07, 6.45) is 3.06. The number of carbonyl (C=O) groups excluding carboxylic acids is 2. The van der Waals surface area contributed by atoms with Crippen molar-refractivity contribution in [1.29, 1.82) is 0 Å². The standard InChI is InChI=1S/C24H24N4O6S/c1-32-11-8-25-22(30)16-6-7-19-20(12-16)27-24(28(23(19)31)14-18-5-3-10-34-18)35-15-21(29)26-13-17-4-2-9-33-17/h2-7,9-10,12H,8,11,13-15H2,1H3,(H,25,30)(H,26,29). The molecule has 0 atom stereocenters. The van der Waals surface area contributed by atoms with Gasteiger partial charge in [-0.05, 0) is 42.5 Å². The molecular formula is C24H24N4O6S. The lowest BCUT2D eigenvalue weighted by Crippen LogP contribution is -2.28. The Kier molecular flexibility index (Phi) is 8.01. The van der Waals surface area contributed by atoms with Crippen molar-refractivity contribution in [2.75, 3.05) is 26.0 Å². The topological polar surface area (TPSA) is 129 Å². The number of methoxy groups -OCH3 is 1. The summed E-state index contributed by atoms with van der Waals surface area (Å²) in [6, 6.07) is 11.7. The van der Waals surface area contributed by atoms with Gasteiger partial charge in [-0.25, -0.2) is 4.98 Å². The van der Waals surface area contributed by atoms with Gasteiger partial charge < -0.3 is 24.2 Å². The average molecular weight is 497 g/mol. The van der Waals surface area contributed by atoms with Gasteiger partial charge in [0.05, 0.1) is 48.9 Å². The third-order valence-electron chi connectivity index (χ3n) is 5.04. The normalized spacial score (nSPS) is 11.0. The first kappa shape index (κ1) is 24.3. The van der Waals surface area contributed by atoms with Crippen LogP contribution < -0.4 is 16.2 Å². The summed E-state index contributed by atoms with van der Waals surface area (Å²) in [5, 5.41) is 6.21. The molecule has 3 aromatic heterocycles. The molecule has 1 aromatic carbocycles. The lowest BCUT2D eigenvalue weighted by atomic mass is 10.1. The lowest BCUT2D eigenvalue weighted by molar-refractivity contribution is -0.118. The average Bonchev–Trinajstić information content (AvgIpc) is 3.57. The molecule has 2 N–H and O–H groups in total. The molecule has 2 amide bonds. The zero-order valence-corrected chi connectivity index (χ0v) is 19.8. The Hall–Kier alpha value is -3.83. The molecule has 0 aliphatic carbocycles. The van der Waals surface area contributed by atoms with Crippen molar-refractivity contribution in [3.63, 3.8) is 0 Å². The minimum Gasteiger partial charge on any atom is -0.467 e. The molecule has 182 valence electrons. The molecule has 0 spiro atoms. The van der Waals surface area contributed by atoms with Crippen molar-refractivity contribution >= 4 is 34.5 Å². The van der Waals surface area contributed by atoms with Crippen LogP contribution >= 0.6 is 11.8 Å². The Morgan fingerprint density at radius 2 is 1.86 bits per heavy atom. The van der Waals surface area contributed by atoms with E-state index in [-0.39, 0.29) is 36.2 Å². The Bertz CT molecular complexity index is 1350. The van der Waals surface area contributed by atoms with Gasteiger partial charge in [0.2, 0.25) is 5.91 Å². The number of ether oxygens (including phenoxy) is 1. The maximum atomic E-state index is 13.3. The molecule has 0 fully saturated rings. The van der Waals surface area contributed by atoms with E-state index in [2.05, 4.69) is 15.6 Å². The van der Waals surface area contributed by atoms with Crippen LogP contribution in [0.3, 0.4) is 0 Å².